The molecule has 0 aromatic heterocycles. The van der Waals surface area contributed by atoms with Crippen molar-refractivity contribution in [3.8, 4) is 0 Å². The van der Waals surface area contributed by atoms with Crippen molar-refractivity contribution in [2.45, 2.75) is 71.3 Å². The van der Waals surface area contributed by atoms with Gasteiger partial charge in [0.25, 0.3) is 0 Å². The van der Waals surface area contributed by atoms with Crippen LogP contribution in [0.3, 0.4) is 0 Å². The molecule has 16 heavy (non-hydrogen) atoms. The van der Waals surface area contributed by atoms with Gasteiger partial charge in [-0.15, -0.1) is 0 Å². The molecule has 0 aliphatic heterocycles. The highest BCUT2D eigenvalue weighted by atomic mass is 32.2. The van der Waals surface area contributed by atoms with E-state index in [4.69, 9.17) is 0 Å². The first kappa shape index (κ1) is 16.3. The van der Waals surface area contributed by atoms with Gasteiger partial charge in [-0.2, -0.15) is 11.8 Å². The summed E-state index contributed by atoms with van der Waals surface area (Å²) in [5, 5.41) is 3.43. The van der Waals surface area contributed by atoms with E-state index in [0.717, 1.165) is 6.04 Å². The van der Waals surface area contributed by atoms with Gasteiger partial charge in [-0.25, -0.2) is 0 Å². The number of hydrogen-bond acceptors (Lipinski definition) is 2. The SMILES string of the molecule is CCCCCCCCCC(CSCC)NC. The summed E-state index contributed by atoms with van der Waals surface area (Å²) in [5.74, 6) is 2.53. The average molecular weight is 245 g/mol. The van der Waals surface area contributed by atoms with Crippen LogP contribution in [0.15, 0.2) is 0 Å². The third-order valence-corrected chi connectivity index (χ3v) is 4.13. The maximum absolute atomic E-state index is 3.43. The lowest BCUT2D eigenvalue weighted by Gasteiger charge is -2.14. The van der Waals surface area contributed by atoms with Crippen molar-refractivity contribution < 1.29 is 0 Å². The predicted molar refractivity (Wildman–Crippen MR) is 78.5 cm³/mol. The fourth-order valence-electron chi connectivity index (χ4n) is 1.92. The normalized spacial score (nSPS) is 12.9. The standard InChI is InChI=1S/C14H31NS/c1-4-6-7-8-9-10-11-12-14(15-3)13-16-5-2/h14-15H,4-13H2,1-3H3. The Labute approximate surface area is 107 Å². The van der Waals surface area contributed by atoms with E-state index in [0.29, 0.717) is 0 Å². The van der Waals surface area contributed by atoms with Gasteiger partial charge in [0.1, 0.15) is 0 Å². The molecule has 0 saturated heterocycles. The van der Waals surface area contributed by atoms with Gasteiger partial charge in [0.05, 0.1) is 0 Å². The molecule has 2 heteroatoms. The molecule has 0 aromatic rings. The highest BCUT2D eigenvalue weighted by Crippen LogP contribution is 2.12. The van der Waals surface area contributed by atoms with Crippen LogP contribution in [0.2, 0.25) is 0 Å². The predicted octanol–water partition coefficient (Wildman–Crippen LogP) is 4.47. The van der Waals surface area contributed by atoms with E-state index < -0.39 is 0 Å². The lowest BCUT2D eigenvalue weighted by Crippen LogP contribution is -2.27. The Bertz CT molecular complexity index is 128. The summed E-state index contributed by atoms with van der Waals surface area (Å²) in [5.41, 5.74) is 0. The Balaban J connectivity index is 3.20. The summed E-state index contributed by atoms with van der Waals surface area (Å²) < 4.78 is 0. The minimum Gasteiger partial charge on any atom is -0.316 e. The first-order chi connectivity index (χ1) is 7.85. The lowest BCUT2D eigenvalue weighted by molar-refractivity contribution is 0.511. The minimum atomic E-state index is 0.737. The zero-order chi connectivity index (χ0) is 12.1. The molecule has 0 fully saturated rings. The maximum atomic E-state index is 3.43. The second-order valence-electron chi connectivity index (χ2n) is 4.56. The topological polar surface area (TPSA) is 12.0 Å². The molecule has 0 heterocycles. The van der Waals surface area contributed by atoms with Crippen LogP contribution in [0.4, 0.5) is 0 Å². The Hall–Kier alpha value is 0.310. The van der Waals surface area contributed by atoms with Crippen molar-refractivity contribution in [1.29, 1.82) is 0 Å². The molecule has 1 N–H and O–H groups in total. The lowest BCUT2D eigenvalue weighted by atomic mass is 10.1. The molecule has 0 amide bonds. The Morgan fingerprint density at radius 1 is 0.938 bits per heavy atom. The molecule has 0 aliphatic rings. The molecule has 1 atom stereocenters. The molecule has 0 saturated carbocycles. The van der Waals surface area contributed by atoms with Crippen LogP contribution in [0, 0.1) is 0 Å². The molecular weight excluding hydrogens is 214 g/mol. The minimum absolute atomic E-state index is 0.737. The molecule has 98 valence electrons. The monoisotopic (exact) mass is 245 g/mol. The number of hydrogen-bond donors (Lipinski definition) is 1. The summed E-state index contributed by atoms with van der Waals surface area (Å²) >= 11 is 2.05. The van der Waals surface area contributed by atoms with Crippen molar-refractivity contribution in [1.82, 2.24) is 5.32 Å². The van der Waals surface area contributed by atoms with Crippen LogP contribution in [0.25, 0.3) is 0 Å². The molecule has 0 rings (SSSR count). The number of nitrogens with one attached hydrogen (secondary N) is 1. The van der Waals surface area contributed by atoms with Gasteiger partial charge in [-0.3, -0.25) is 0 Å². The number of rotatable bonds is 12. The van der Waals surface area contributed by atoms with Gasteiger partial charge in [0, 0.05) is 11.8 Å². The highest BCUT2D eigenvalue weighted by Gasteiger charge is 2.04. The van der Waals surface area contributed by atoms with Crippen LogP contribution in [-0.4, -0.2) is 24.6 Å². The Morgan fingerprint density at radius 3 is 2.12 bits per heavy atom. The van der Waals surface area contributed by atoms with Gasteiger partial charge in [-0.1, -0.05) is 58.8 Å². The highest BCUT2D eigenvalue weighted by molar-refractivity contribution is 7.99. The van der Waals surface area contributed by atoms with Gasteiger partial charge < -0.3 is 5.32 Å². The van der Waals surface area contributed by atoms with Crippen LogP contribution in [0.5, 0.6) is 0 Å². The average Bonchev–Trinajstić information content (AvgIpc) is 2.32. The van der Waals surface area contributed by atoms with E-state index in [2.05, 4.69) is 38.0 Å². The van der Waals surface area contributed by atoms with Crippen LogP contribution >= 0.6 is 11.8 Å². The second-order valence-corrected chi connectivity index (χ2v) is 5.87. The van der Waals surface area contributed by atoms with E-state index in [9.17, 15) is 0 Å². The summed E-state index contributed by atoms with van der Waals surface area (Å²) in [7, 11) is 2.10. The second kappa shape index (κ2) is 13.4. The van der Waals surface area contributed by atoms with Crippen LogP contribution in [0.1, 0.15) is 65.2 Å². The summed E-state index contributed by atoms with van der Waals surface area (Å²) in [4.78, 5) is 0. The fraction of sp³-hybridized carbons (Fsp3) is 1.00. The van der Waals surface area contributed by atoms with E-state index >= 15 is 0 Å². The third-order valence-electron chi connectivity index (χ3n) is 3.09. The molecule has 1 unspecified atom stereocenters. The number of unbranched alkanes of at least 4 members (excludes halogenated alkanes) is 6. The zero-order valence-corrected chi connectivity index (χ0v) is 12.4. The first-order valence-electron chi connectivity index (χ1n) is 7.10. The van der Waals surface area contributed by atoms with Crippen LogP contribution in [-0.2, 0) is 0 Å². The van der Waals surface area contributed by atoms with E-state index in [1.54, 1.807) is 0 Å². The zero-order valence-electron chi connectivity index (χ0n) is 11.6. The first-order valence-corrected chi connectivity index (χ1v) is 8.25. The van der Waals surface area contributed by atoms with Crippen molar-refractivity contribution in [2.75, 3.05) is 18.6 Å². The summed E-state index contributed by atoms with van der Waals surface area (Å²) in [6.07, 6.45) is 11.3. The van der Waals surface area contributed by atoms with Gasteiger partial charge in [0.15, 0.2) is 0 Å². The summed E-state index contributed by atoms with van der Waals surface area (Å²) in [6, 6.07) is 0.737. The maximum Gasteiger partial charge on any atom is 0.0155 e. The molecule has 0 spiro atoms. The van der Waals surface area contributed by atoms with Crippen molar-refractivity contribution in [3.05, 3.63) is 0 Å². The van der Waals surface area contributed by atoms with Crippen molar-refractivity contribution in [2.24, 2.45) is 0 Å². The van der Waals surface area contributed by atoms with E-state index in [1.807, 2.05) is 0 Å². The Kier molecular flexibility index (Phi) is 13.6. The molecule has 1 nitrogen and oxygen atoms in total. The van der Waals surface area contributed by atoms with E-state index in [1.165, 1.54) is 62.9 Å². The Morgan fingerprint density at radius 2 is 1.56 bits per heavy atom. The number of thioether (sulfide) groups is 1. The molecule has 0 radical (unpaired) electrons. The van der Waals surface area contributed by atoms with Crippen molar-refractivity contribution >= 4 is 11.8 Å². The molecule has 0 aliphatic carbocycles. The van der Waals surface area contributed by atoms with E-state index in [-0.39, 0.29) is 0 Å². The van der Waals surface area contributed by atoms with Gasteiger partial charge >= 0.3 is 0 Å². The quantitative estimate of drug-likeness (QED) is 0.509. The van der Waals surface area contributed by atoms with Gasteiger partial charge in [-0.05, 0) is 19.2 Å². The largest absolute Gasteiger partial charge is 0.316 e. The van der Waals surface area contributed by atoms with Crippen molar-refractivity contribution in [3.63, 3.8) is 0 Å². The molecular formula is C14H31NS. The third kappa shape index (κ3) is 10.8. The fourth-order valence-corrected chi connectivity index (χ4v) is 2.77. The molecule has 0 aromatic carbocycles. The smallest absolute Gasteiger partial charge is 0.0155 e. The van der Waals surface area contributed by atoms with Gasteiger partial charge in [0.2, 0.25) is 0 Å². The summed E-state index contributed by atoms with van der Waals surface area (Å²) in [6.45, 7) is 4.52. The van der Waals surface area contributed by atoms with Crippen LogP contribution < -0.4 is 5.32 Å². The molecule has 0 bridgehead atoms.